The van der Waals surface area contributed by atoms with Gasteiger partial charge in [0.05, 0.1) is 23.2 Å². The highest BCUT2D eigenvalue weighted by Crippen LogP contribution is 2.32. The van der Waals surface area contributed by atoms with Crippen LogP contribution in [0.2, 0.25) is 0 Å². The van der Waals surface area contributed by atoms with Crippen molar-refractivity contribution in [2.45, 2.75) is 56.9 Å². The van der Waals surface area contributed by atoms with Crippen molar-refractivity contribution in [2.24, 2.45) is 0 Å². The van der Waals surface area contributed by atoms with Crippen molar-refractivity contribution in [3.8, 4) is 0 Å². The number of esters is 1. The number of rotatable bonds is 6. The quantitative estimate of drug-likeness (QED) is 0.580. The molecule has 1 aliphatic carbocycles. The van der Waals surface area contributed by atoms with Crippen LogP contribution in [-0.2, 0) is 14.8 Å². The molecule has 3 aromatic rings. The van der Waals surface area contributed by atoms with Crippen molar-refractivity contribution in [3.05, 3.63) is 41.8 Å². The molecule has 0 amide bonds. The average molecular weight is 432 g/mol. The summed E-state index contributed by atoms with van der Waals surface area (Å²) in [6.07, 6.45) is 5.42. The lowest BCUT2D eigenvalue weighted by molar-refractivity contribution is 0.0492. The fourth-order valence-electron chi connectivity index (χ4n) is 3.87. The first-order valence-corrected chi connectivity index (χ1v) is 11.7. The van der Waals surface area contributed by atoms with Gasteiger partial charge in [0.25, 0.3) is 10.0 Å². The number of carbonyl (C=O) groups is 1. The molecule has 2 heterocycles. The Bertz CT molecular complexity index is 1170. The molecule has 9 heteroatoms. The monoisotopic (exact) mass is 431 g/mol. The molecule has 0 saturated heterocycles. The molecule has 2 aromatic heterocycles. The number of anilines is 1. The highest BCUT2D eigenvalue weighted by atomic mass is 32.2. The van der Waals surface area contributed by atoms with Gasteiger partial charge in [-0.3, -0.25) is 4.72 Å². The van der Waals surface area contributed by atoms with Gasteiger partial charge >= 0.3 is 5.97 Å². The second-order valence-corrected chi connectivity index (χ2v) is 9.23. The molecule has 0 radical (unpaired) electrons. The van der Waals surface area contributed by atoms with E-state index in [-0.39, 0.29) is 23.3 Å². The number of carbonyl (C=O) groups excluding carboxylic acids is 1. The van der Waals surface area contributed by atoms with Gasteiger partial charge in [-0.25, -0.2) is 17.9 Å². The number of sulfonamides is 1. The van der Waals surface area contributed by atoms with E-state index in [0.29, 0.717) is 16.8 Å². The van der Waals surface area contributed by atoms with Crippen molar-refractivity contribution in [2.75, 3.05) is 11.3 Å². The SMILES string of the molecule is CCOC(=O)c1cc2ccc(S(=O)(=O)Nc3cc(C)nn3C3CCCCC3)cc2o1. The molecule has 1 aromatic carbocycles. The van der Waals surface area contributed by atoms with Crippen LogP contribution in [0.15, 0.2) is 39.6 Å². The number of ether oxygens (including phenoxy) is 1. The van der Waals surface area contributed by atoms with Gasteiger partial charge < -0.3 is 9.15 Å². The van der Waals surface area contributed by atoms with Gasteiger partial charge in [0.2, 0.25) is 5.76 Å². The number of nitrogens with one attached hydrogen (secondary N) is 1. The number of benzene rings is 1. The predicted molar refractivity (Wildman–Crippen MR) is 112 cm³/mol. The lowest BCUT2D eigenvalue weighted by Crippen LogP contribution is -2.20. The van der Waals surface area contributed by atoms with E-state index in [0.717, 1.165) is 31.4 Å². The largest absolute Gasteiger partial charge is 0.460 e. The van der Waals surface area contributed by atoms with E-state index in [1.807, 2.05) is 6.92 Å². The normalized spacial score (nSPS) is 15.4. The summed E-state index contributed by atoms with van der Waals surface area (Å²) < 4.78 is 41.0. The minimum absolute atomic E-state index is 0.0420. The summed E-state index contributed by atoms with van der Waals surface area (Å²) in [5.74, 6) is -0.0744. The summed E-state index contributed by atoms with van der Waals surface area (Å²) >= 11 is 0. The zero-order valence-corrected chi connectivity index (χ0v) is 17.9. The van der Waals surface area contributed by atoms with Gasteiger partial charge in [0, 0.05) is 17.5 Å². The smallest absolute Gasteiger partial charge is 0.374 e. The number of nitrogens with zero attached hydrogens (tertiary/aromatic N) is 2. The maximum Gasteiger partial charge on any atom is 0.374 e. The van der Waals surface area contributed by atoms with Crippen LogP contribution in [0.25, 0.3) is 11.0 Å². The fourth-order valence-corrected chi connectivity index (χ4v) is 4.93. The molecule has 0 unspecified atom stereocenters. The molecule has 0 bridgehead atoms. The second kappa shape index (κ2) is 8.14. The summed E-state index contributed by atoms with van der Waals surface area (Å²) in [6.45, 7) is 3.78. The molecule has 0 spiro atoms. The second-order valence-electron chi connectivity index (χ2n) is 7.54. The van der Waals surface area contributed by atoms with Crippen LogP contribution in [-0.4, -0.2) is 30.8 Å². The van der Waals surface area contributed by atoms with Gasteiger partial charge in [-0.05, 0) is 44.9 Å². The molecule has 160 valence electrons. The molecule has 8 nitrogen and oxygen atoms in total. The Hall–Kier alpha value is -2.81. The van der Waals surface area contributed by atoms with E-state index in [1.165, 1.54) is 18.6 Å². The van der Waals surface area contributed by atoms with Crippen molar-refractivity contribution < 1.29 is 22.4 Å². The first-order valence-electron chi connectivity index (χ1n) is 10.2. The summed E-state index contributed by atoms with van der Waals surface area (Å²) in [6, 6.07) is 8.00. The van der Waals surface area contributed by atoms with Crippen molar-refractivity contribution in [1.82, 2.24) is 9.78 Å². The molecule has 0 atom stereocenters. The molecule has 0 aliphatic heterocycles. The summed E-state index contributed by atoms with van der Waals surface area (Å²) in [5.41, 5.74) is 1.07. The molecule has 4 rings (SSSR count). The summed E-state index contributed by atoms with van der Waals surface area (Å²) in [4.78, 5) is 11.9. The van der Waals surface area contributed by atoms with Gasteiger partial charge in [-0.15, -0.1) is 0 Å². The number of hydrogen-bond donors (Lipinski definition) is 1. The van der Waals surface area contributed by atoms with Crippen LogP contribution in [0, 0.1) is 6.92 Å². The Morgan fingerprint density at radius 3 is 2.73 bits per heavy atom. The highest BCUT2D eigenvalue weighted by molar-refractivity contribution is 7.92. The number of aryl methyl sites for hydroxylation is 1. The standard InChI is InChI=1S/C21H25N3O5S/c1-3-28-21(25)19-12-15-9-10-17(13-18(15)29-19)30(26,27)23-20-11-14(2)22-24(20)16-7-5-4-6-8-16/h9-13,16,23H,3-8H2,1-2H3. The molecule has 1 aliphatic rings. The van der Waals surface area contributed by atoms with Crippen LogP contribution in [0.5, 0.6) is 0 Å². The minimum atomic E-state index is -3.86. The fraction of sp³-hybridized carbons (Fsp3) is 0.429. The third kappa shape index (κ3) is 4.07. The molecule has 30 heavy (non-hydrogen) atoms. The van der Waals surface area contributed by atoms with Crippen molar-refractivity contribution in [3.63, 3.8) is 0 Å². The summed E-state index contributed by atoms with van der Waals surface area (Å²) in [7, 11) is -3.86. The Morgan fingerprint density at radius 1 is 1.23 bits per heavy atom. The number of furan rings is 1. The maximum atomic E-state index is 13.0. The predicted octanol–water partition coefficient (Wildman–Crippen LogP) is 4.42. The molecular formula is C21H25N3O5S. The van der Waals surface area contributed by atoms with E-state index in [4.69, 9.17) is 9.15 Å². The van der Waals surface area contributed by atoms with E-state index < -0.39 is 16.0 Å². The third-order valence-electron chi connectivity index (χ3n) is 5.30. The first-order chi connectivity index (χ1) is 14.4. The van der Waals surface area contributed by atoms with E-state index in [9.17, 15) is 13.2 Å². The Labute approximate surface area is 175 Å². The Morgan fingerprint density at radius 2 is 2.00 bits per heavy atom. The number of hydrogen-bond acceptors (Lipinski definition) is 6. The van der Waals surface area contributed by atoms with Gasteiger partial charge in [-0.1, -0.05) is 19.3 Å². The lowest BCUT2D eigenvalue weighted by Gasteiger charge is -2.24. The molecular weight excluding hydrogens is 406 g/mol. The number of fused-ring (bicyclic) bond motifs is 1. The zero-order chi connectivity index (χ0) is 21.3. The first kappa shape index (κ1) is 20.5. The highest BCUT2D eigenvalue weighted by Gasteiger charge is 2.24. The zero-order valence-electron chi connectivity index (χ0n) is 17.1. The van der Waals surface area contributed by atoms with Gasteiger partial charge in [0.1, 0.15) is 11.4 Å². The van der Waals surface area contributed by atoms with Crippen LogP contribution in [0.3, 0.4) is 0 Å². The summed E-state index contributed by atoms with van der Waals surface area (Å²) in [5, 5.41) is 5.15. The third-order valence-corrected chi connectivity index (χ3v) is 6.65. The van der Waals surface area contributed by atoms with Crippen LogP contribution < -0.4 is 4.72 Å². The van der Waals surface area contributed by atoms with E-state index >= 15 is 0 Å². The van der Waals surface area contributed by atoms with Crippen molar-refractivity contribution >= 4 is 32.8 Å². The lowest BCUT2D eigenvalue weighted by atomic mass is 9.96. The number of aromatic nitrogens is 2. The van der Waals surface area contributed by atoms with Crippen molar-refractivity contribution in [1.29, 1.82) is 0 Å². The Balaban J connectivity index is 1.62. The van der Waals surface area contributed by atoms with Crippen LogP contribution in [0.1, 0.15) is 61.3 Å². The van der Waals surface area contributed by atoms with Gasteiger partial charge in [0.15, 0.2) is 0 Å². The molecule has 1 N–H and O–H groups in total. The average Bonchev–Trinajstić information content (AvgIpc) is 3.31. The van der Waals surface area contributed by atoms with E-state index in [2.05, 4.69) is 9.82 Å². The molecule has 1 fully saturated rings. The van der Waals surface area contributed by atoms with Crippen LogP contribution >= 0.6 is 0 Å². The van der Waals surface area contributed by atoms with Gasteiger partial charge in [-0.2, -0.15) is 5.10 Å². The maximum absolute atomic E-state index is 13.0. The van der Waals surface area contributed by atoms with Crippen LogP contribution in [0.4, 0.5) is 5.82 Å². The Kier molecular flexibility index (Phi) is 5.55. The minimum Gasteiger partial charge on any atom is -0.460 e. The van der Waals surface area contributed by atoms with E-state index in [1.54, 1.807) is 29.8 Å². The molecule has 1 saturated carbocycles. The topological polar surface area (TPSA) is 103 Å².